The molecule has 0 amide bonds. The van der Waals surface area contributed by atoms with E-state index in [9.17, 15) is 0 Å². The normalized spacial score (nSPS) is 13.6. The fourth-order valence-electron chi connectivity index (χ4n) is 8.00. The van der Waals surface area contributed by atoms with Gasteiger partial charge < -0.3 is 0 Å². The van der Waals surface area contributed by atoms with Crippen molar-refractivity contribution in [1.82, 2.24) is 9.55 Å². The standard InChI is InChI=1S/C44H28N2S/c1-2-13-31(14-3-1)46-39-22-9-8-21-38(39)45-43(46)30-27-25-29(26-28-30)32-16-12-20-37-42(32)33-15-4-5-17-34(33)44(37)35-18-6-10-23-40(35)47-41-24-11-7-19-36(41)44/h1-28H. The van der Waals surface area contributed by atoms with Crippen molar-refractivity contribution in [2.24, 2.45) is 0 Å². The van der Waals surface area contributed by atoms with Gasteiger partial charge in [0.05, 0.1) is 16.4 Å². The molecule has 0 N–H and O–H groups in total. The zero-order valence-corrected chi connectivity index (χ0v) is 26.3. The van der Waals surface area contributed by atoms with Gasteiger partial charge in [-0.1, -0.05) is 145 Å². The van der Waals surface area contributed by atoms with Crippen LogP contribution >= 0.6 is 11.8 Å². The van der Waals surface area contributed by atoms with Crippen LogP contribution < -0.4 is 0 Å². The van der Waals surface area contributed by atoms with Crippen LogP contribution in [0.3, 0.4) is 0 Å². The van der Waals surface area contributed by atoms with Gasteiger partial charge in [0.1, 0.15) is 5.82 Å². The van der Waals surface area contributed by atoms with Crippen LogP contribution in [0, 0.1) is 0 Å². The highest BCUT2D eigenvalue weighted by atomic mass is 32.2. The highest BCUT2D eigenvalue weighted by Gasteiger charge is 2.50. The number of hydrogen-bond donors (Lipinski definition) is 0. The lowest BCUT2D eigenvalue weighted by atomic mass is 9.67. The largest absolute Gasteiger partial charge is 0.292 e. The highest BCUT2D eigenvalue weighted by molar-refractivity contribution is 7.99. The number of benzene rings is 7. The number of imidazole rings is 1. The van der Waals surface area contributed by atoms with Gasteiger partial charge in [0.25, 0.3) is 0 Å². The molecule has 10 rings (SSSR count). The molecule has 0 bridgehead atoms. The summed E-state index contributed by atoms with van der Waals surface area (Å²) in [6.07, 6.45) is 0. The van der Waals surface area contributed by atoms with Gasteiger partial charge in [0.2, 0.25) is 0 Å². The Kier molecular flexibility index (Phi) is 5.76. The highest BCUT2D eigenvalue weighted by Crippen LogP contribution is 2.63. The Morgan fingerprint density at radius 2 is 1.02 bits per heavy atom. The fourth-order valence-corrected chi connectivity index (χ4v) is 9.19. The third-order valence-electron chi connectivity index (χ3n) is 9.90. The van der Waals surface area contributed by atoms with Gasteiger partial charge in [-0.05, 0) is 80.9 Å². The van der Waals surface area contributed by atoms with Crippen molar-refractivity contribution in [2.45, 2.75) is 15.2 Å². The molecule has 0 saturated heterocycles. The number of para-hydroxylation sites is 3. The number of aromatic nitrogens is 2. The maximum absolute atomic E-state index is 5.11. The number of nitrogens with zero attached hydrogens (tertiary/aromatic N) is 2. The zero-order chi connectivity index (χ0) is 31.0. The fraction of sp³-hybridized carbons (Fsp3) is 0.0227. The molecule has 7 aromatic carbocycles. The van der Waals surface area contributed by atoms with Crippen molar-refractivity contribution in [1.29, 1.82) is 0 Å². The predicted octanol–water partition coefficient (Wildman–Crippen LogP) is 11.2. The summed E-state index contributed by atoms with van der Waals surface area (Å²) in [5.41, 5.74) is 14.4. The molecule has 0 unspecified atom stereocenters. The zero-order valence-electron chi connectivity index (χ0n) is 25.5. The van der Waals surface area contributed by atoms with Crippen LogP contribution in [0.2, 0.25) is 0 Å². The van der Waals surface area contributed by atoms with Crippen LogP contribution in [0.4, 0.5) is 0 Å². The lowest BCUT2D eigenvalue weighted by Gasteiger charge is -2.39. The van der Waals surface area contributed by atoms with Crippen molar-refractivity contribution in [3.63, 3.8) is 0 Å². The van der Waals surface area contributed by atoms with Crippen LogP contribution in [-0.2, 0) is 5.41 Å². The van der Waals surface area contributed by atoms with Crippen molar-refractivity contribution < 1.29 is 0 Å². The molecular formula is C44H28N2S. The predicted molar refractivity (Wildman–Crippen MR) is 193 cm³/mol. The van der Waals surface area contributed by atoms with E-state index in [0.29, 0.717) is 0 Å². The molecule has 3 heteroatoms. The second-order valence-electron chi connectivity index (χ2n) is 12.3. The molecule has 1 aromatic heterocycles. The molecule has 2 heterocycles. The Hall–Kier alpha value is -5.64. The summed E-state index contributed by atoms with van der Waals surface area (Å²) in [4.78, 5) is 7.76. The van der Waals surface area contributed by atoms with E-state index in [0.717, 1.165) is 28.1 Å². The lowest BCUT2D eigenvalue weighted by Crippen LogP contribution is -2.31. The third kappa shape index (κ3) is 3.72. The smallest absolute Gasteiger partial charge is 0.145 e. The minimum absolute atomic E-state index is 0.374. The van der Waals surface area contributed by atoms with Gasteiger partial charge >= 0.3 is 0 Å². The van der Waals surface area contributed by atoms with Crippen molar-refractivity contribution in [3.8, 4) is 39.3 Å². The van der Waals surface area contributed by atoms with E-state index in [1.165, 1.54) is 54.3 Å². The molecule has 1 aliphatic carbocycles. The second kappa shape index (κ2) is 10.2. The summed E-state index contributed by atoms with van der Waals surface area (Å²) < 4.78 is 2.26. The lowest BCUT2D eigenvalue weighted by molar-refractivity contribution is 0.722. The second-order valence-corrected chi connectivity index (χ2v) is 13.4. The van der Waals surface area contributed by atoms with Gasteiger partial charge in [-0.25, -0.2) is 4.98 Å². The Morgan fingerprint density at radius 3 is 1.79 bits per heavy atom. The molecule has 2 aliphatic rings. The van der Waals surface area contributed by atoms with Crippen LogP contribution in [0.25, 0.3) is 50.4 Å². The maximum atomic E-state index is 5.11. The molecule has 47 heavy (non-hydrogen) atoms. The van der Waals surface area contributed by atoms with E-state index in [1.807, 2.05) is 11.8 Å². The number of fused-ring (bicyclic) bond motifs is 10. The van der Waals surface area contributed by atoms with E-state index < -0.39 is 0 Å². The minimum Gasteiger partial charge on any atom is -0.292 e. The maximum Gasteiger partial charge on any atom is 0.145 e. The molecule has 0 saturated carbocycles. The molecule has 2 nitrogen and oxygen atoms in total. The van der Waals surface area contributed by atoms with Crippen LogP contribution in [-0.4, -0.2) is 9.55 Å². The summed E-state index contributed by atoms with van der Waals surface area (Å²) in [5, 5.41) is 0. The molecule has 220 valence electrons. The van der Waals surface area contributed by atoms with Crippen LogP contribution in [0.1, 0.15) is 22.3 Å². The molecule has 0 fully saturated rings. The number of hydrogen-bond acceptors (Lipinski definition) is 2. The van der Waals surface area contributed by atoms with E-state index >= 15 is 0 Å². The van der Waals surface area contributed by atoms with Gasteiger partial charge in [-0.3, -0.25) is 4.57 Å². The van der Waals surface area contributed by atoms with Crippen LogP contribution in [0.5, 0.6) is 0 Å². The summed E-state index contributed by atoms with van der Waals surface area (Å²) in [7, 11) is 0. The molecule has 0 atom stereocenters. The summed E-state index contributed by atoms with van der Waals surface area (Å²) in [5.74, 6) is 0.944. The van der Waals surface area contributed by atoms with Crippen molar-refractivity contribution >= 4 is 22.8 Å². The van der Waals surface area contributed by atoms with Crippen LogP contribution in [0.15, 0.2) is 180 Å². The van der Waals surface area contributed by atoms with Gasteiger partial charge in [-0.2, -0.15) is 0 Å². The topological polar surface area (TPSA) is 17.8 Å². The first-order valence-corrected chi connectivity index (χ1v) is 16.9. The SMILES string of the molecule is c1ccc(-n2c(-c3ccc(-c4cccc5c4-c4ccccc4C54c5ccccc5Sc5ccccc54)cc3)nc3ccccc32)cc1. The molecule has 1 aliphatic heterocycles. The van der Waals surface area contributed by atoms with E-state index in [-0.39, 0.29) is 5.41 Å². The average molecular weight is 617 g/mol. The molecule has 8 aromatic rings. The van der Waals surface area contributed by atoms with Gasteiger partial charge in [0.15, 0.2) is 0 Å². The average Bonchev–Trinajstić information content (AvgIpc) is 3.67. The molecule has 1 spiro atoms. The first-order valence-electron chi connectivity index (χ1n) is 16.1. The van der Waals surface area contributed by atoms with Gasteiger partial charge in [-0.15, -0.1) is 0 Å². The van der Waals surface area contributed by atoms with E-state index in [1.54, 1.807) is 0 Å². The first kappa shape index (κ1) is 26.6. The number of rotatable bonds is 3. The summed E-state index contributed by atoms with van der Waals surface area (Å²) >= 11 is 1.89. The molecular weight excluding hydrogens is 589 g/mol. The summed E-state index contributed by atoms with van der Waals surface area (Å²) in [6, 6.07) is 61.8. The van der Waals surface area contributed by atoms with Crippen molar-refractivity contribution in [3.05, 3.63) is 192 Å². The van der Waals surface area contributed by atoms with E-state index in [4.69, 9.17) is 4.98 Å². The van der Waals surface area contributed by atoms with Gasteiger partial charge in [0, 0.05) is 21.0 Å². The Labute approximate surface area is 278 Å². The Balaban J connectivity index is 1.18. The Morgan fingerprint density at radius 1 is 0.447 bits per heavy atom. The molecule has 0 radical (unpaired) electrons. The van der Waals surface area contributed by atoms with Crippen molar-refractivity contribution in [2.75, 3.05) is 0 Å². The first-order chi connectivity index (χ1) is 23.3. The van der Waals surface area contributed by atoms with E-state index in [2.05, 4.69) is 174 Å². The quantitative estimate of drug-likeness (QED) is 0.197. The Bertz CT molecular complexity index is 2450. The third-order valence-corrected chi connectivity index (χ3v) is 11.1. The monoisotopic (exact) mass is 616 g/mol. The minimum atomic E-state index is -0.374. The summed E-state index contributed by atoms with van der Waals surface area (Å²) in [6.45, 7) is 0.